The molecule has 3 rings (SSSR count). The van der Waals surface area contributed by atoms with E-state index in [1.165, 1.54) is 25.6 Å². The third-order valence-corrected chi connectivity index (χ3v) is 5.48. The Morgan fingerprint density at radius 3 is 2.24 bits per heavy atom. The molecule has 0 radical (unpaired) electrons. The van der Waals surface area contributed by atoms with E-state index in [1.54, 1.807) is 42.2 Å². The number of hydrogen-bond acceptors (Lipinski definition) is 8. The number of para-hydroxylation sites is 1. The van der Waals surface area contributed by atoms with Crippen molar-refractivity contribution in [1.82, 2.24) is 9.97 Å². The number of rotatable bonds is 7. The van der Waals surface area contributed by atoms with Gasteiger partial charge in [0.1, 0.15) is 23.9 Å². The molecule has 0 bridgehead atoms. The number of carbonyl (C=O) groups is 1. The van der Waals surface area contributed by atoms with Crippen LogP contribution in [-0.2, 0) is 19.6 Å². The molecule has 0 amide bonds. The maximum Gasteiger partial charge on any atom is 0.534 e. The molecule has 1 atom stereocenters. The first-order chi connectivity index (χ1) is 15.5. The summed E-state index contributed by atoms with van der Waals surface area (Å²) in [6, 6.07) is 14.7. The Morgan fingerprint density at radius 1 is 1.03 bits per heavy atom. The highest BCUT2D eigenvalue weighted by Gasteiger charge is 2.48. The molecule has 0 unspecified atom stereocenters. The molecule has 2 aromatic carbocycles. The zero-order chi connectivity index (χ0) is 24.2. The van der Waals surface area contributed by atoms with E-state index >= 15 is 0 Å². The molecular weight excluding hydrogens is 463 g/mol. The number of benzene rings is 2. The van der Waals surface area contributed by atoms with Gasteiger partial charge in [-0.15, -0.1) is 0 Å². The standard InChI is InChI=1S/C21H18F3N3O5S/c1-14(20(28)31-2)27(16-6-4-3-5-7-16)19-12-18(25-13-26-19)15-8-10-17(11-9-15)32-33(29,30)21(22,23)24/h3-14H,1-2H3/t14-/m0/s1. The van der Waals surface area contributed by atoms with Gasteiger partial charge in [0, 0.05) is 17.3 Å². The smallest absolute Gasteiger partial charge is 0.467 e. The van der Waals surface area contributed by atoms with Gasteiger partial charge < -0.3 is 13.8 Å². The Kier molecular flexibility index (Phi) is 6.86. The van der Waals surface area contributed by atoms with E-state index in [1.807, 2.05) is 6.07 Å². The SMILES string of the molecule is COC(=O)[C@H](C)N(c1ccccc1)c1cc(-c2ccc(OS(=O)(=O)C(F)(F)F)cc2)ncn1. The summed E-state index contributed by atoms with van der Waals surface area (Å²) in [6.45, 7) is 1.65. The number of anilines is 2. The number of hydrogen-bond donors (Lipinski definition) is 0. The molecule has 174 valence electrons. The van der Waals surface area contributed by atoms with Crippen LogP contribution in [0.4, 0.5) is 24.7 Å². The van der Waals surface area contributed by atoms with E-state index in [0.29, 0.717) is 22.8 Å². The zero-order valence-electron chi connectivity index (χ0n) is 17.4. The molecular formula is C21H18F3N3O5S. The van der Waals surface area contributed by atoms with Gasteiger partial charge in [-0.3, -0.25) is 0 Å². The van der Waals surface area contributed by atoms with Gasteiger partial charge in [-0.05, 0) is 43.3 Å². The highest BCUT2D eigenvalue weighted by Crippen LogP contribution is 2.31. The number of nitrogens with zero attached hydrogens (tertiary/aromatic N) is 3. The first kappa shape index (κ1) is 24.0. The average Bonchev–Trinajstić information content (AvgIpc) is 2.79. The van der Waals surface area contributed by atoms with Gasteiger partial charge in [0.15, 0.2) is 0 Å². The van der Waals surface area contributed by atoms with Crippen molar-refractivity contribution in [2.75, 3.05) is 12.0 Å². The number of ether oxygens (including phenoxy) is 1. The Bertz CT molecular complexity index is 1220. The maximum atomic E-state index is 12.5. The second-order valence-corrected chi connectivity index (χ2v) is 8.21. The number of aromatic nitrogens is 2. The van der Waals surface area contributed by atoms with Crippen molar-refractivity contribution in [3.05, 3.63) is 67.0 Å². The summed E-state index contributed by atoms with van der Waals surface area (Å²) < 4.78 is 68.8. The molecule has 0 fully saturated rings. The van der Waals surface area contributed by atoms with E-state index in [0.717, 1.165) is 12.1 Å². The molecule has 0 spiro atoms. The highest BCUT2D eigenvalue weighted by molar-refractivity contribution is 7.88. The summed E-state index contributed by atoms with van der Waals surface area (Å²) in [5.74, 6) is -0.633. The van der Waals surface area contributed by atoms with Crippen molar-refractivity contribution in [3.63, 3.8) is 0 Å². The average molecular weight is 481 g/mol. The van der Waals surface area contributed by atoms with Gasteiger partial charge >= 0.3 is 21.6 Å². The summed E-state index contributed by atoms with van der Waals surface area (Å²) in [5.41, 5.74) is -4.04. The molecule has 1 heterocycles. The zero-order valence-corrected chi connectivity index (χ0v) is 18.2. The van der Waals surface area contributed by atoms with Gasteiger partial charge in [0.05, 0.1) is 12.8 Å². The van der Waals surface area contributed by atoms with Gasteiger partial charge in [-0.1, -0.05) is 18.2 Å². The Labute approximate surface area is 187 Å². The molecule has 0 aliphatic heterocycles. The predicted molar refractivity (Wildman–Crippen MR) is 113 cm³/mol. The molecule has 1 aromatic heterocycles. The van der Waals surface area contributed by atoms with E-state index in [2.05, 4.69) is 14.2 Å². The quantitative estimate of drug-likeness (QED) is 0.283. The molecule has 33 heavy (non-hydrogen) atoms. The minimum Gasteiger partial charge on any atom is -0.467 e. The Hall–Kier alpha value is -3.67. The van der Waals surface area contributed by atoms with Crippen molar-refractivity contribution in [3.8, 4) is 17.0 Å². The lowest BCUT2D eigenvalue weighted by molar-refractivity contribution is -0.141. The third kappa shape index (κ3) is 5.40. The summed E-state index contributed by atoms with van der Waals surface area (Å²) in [4.78, 5) is 22.3. The summed E-state index contributed by atoms with van der Waals surface area (Å²) in [6.07, 6.45) is 1.27. The second kappa shape index (κ2) is 9.45. The first-order valence-corrected chi connectivity index (χ1v) is 10.8. The minimum atomic E-state index is -5.77. The van der Waals surface area contributed by atoms with Gasteiger partial charge in [0.25, 0.3) is 0 Å². The van der Waals surface area contributed by atoms with Crippen LogP contribution in [0.1, 0.15) is 6.92 Å². The van der Waals surface area contributed by atoms with Crippen LogP contribution >= 0.6 is 0 Å². The van der Waals surface area contributed by atoms with Crippen LogP contribution < -0.4 is 9.08 Å². The molecule has 0 N–H and O–H groups in total. The number of methoxy groups -OCH3 is 1. The van der Waals surface area contributed by atoms with Crippen molar-refractivity contribution in [1.29, 1.82) is 0 Å². The maximum absolute atomic E-state index is 12.5. The van der Waals surface area contributed by atoms with Crippen LogP contribution in [0.15, 0.2) is 67.0 Å². The van der Waals surface area contributed by atoms with Crippen LogP contribution in [0.2, 0.25) is 0 Å². The monoisotopic (exact) mass is 481 g/mol. The van der Waals surface area contributed by atoms with Crippen LogP contribution in [0.5, 0.6) is 5.75 Å². The van der Waals surface area contributed by atoms with Crippen LogP contribution in [0.3, 0.4) is 0 Å². The second-order valence-electron chi connectivity index (χ2n) is 6.67. The minimum absolute atomic E-state index is 0.365. The lowest BCUT2D eigenvalue weighted by atomic mass is 10.1. The van der Waals surface area contributed by atoms with Crippen LogP contribution in [-0.4, -0.2) is 43.0 Å². The topological polar surface area (TPSA) is 98.7 Å². The summed E-state index contributed by atoms with van der Waals surface area (Å²) >= 11 is 0. The van der Waals surface area contributed by atoms with E-state index in [-0.39, 0.29) is 0 Å². The fraction of sp³-hybridized carbons (Fsp3) is 0.190. The highest BCUT2D eigenvalue weighted by atomic mass is 32.2. The van der Waals surface area contributed by atoms with E-state index in [4.69, 9.17) is 4.74 Å². The fourth-order valence-electron chi connectivity index (χ4n) is 2.91. The lowest BCUT2D eigenvalue weighted by Gasteiger charge is -2.28. The number of alkyl halides is 3. The lowest BCUT2D eigenvalue weighted by Crippen LogP contribution is -2.36. The van der Waals surface area contributed by atoms with E-state index < -0.39 is 33.4 Å². The number of halogens is 3. The predicted octanol–water partition coefficient (Wildman–Crippen LogP) is 4.07. The molecule has 12 heteroatoms. The first-order valence-electron chi connectivity index (χ1n) is 9.39. The Balaban J connectivity index is 1.94. The Morgan fingerprint density at radius 2 is 1.67 bits per heavy atom. The number of esters is 1. The van der Waals surface area contributed by atoms with Crippen molar-refractivity contribution >= 4 is 27.6 Å². The molecule has 0 saturated carbocycles. The van der Waals surface area contributed by atoms with Gasteiger partial charge in [-0.2, -0.15) is 21.6 Å². The molecule has 3 aromatic rings. The van der Waals surface area contributed by atoms with Crippen LogP contribution in [0.25, 0.3) is 11.3 Å². The largest absolute Gasteiger partial charge is 0.534 e. The van der Waals surface area contributed by atoms with E-state index in [9.17, 15) is 26.4 Å². The molecule has 8 nitrogen and oxygen atoms in total. The summed E-state index contributed by atoms with van der Waals surface area (Å²) in [7, 11) is -4.50. The summed E-state index contributed by atoms with van der Waals surface area (Å²) in [5, 5.41) is 0. The molecule has 0 saturated heterocycles. The van der Waals surface area contributed by atoms with Gasteiger partial charge in [0.2, 0.25) is 0 Å². The molecule has 0 aliphatic rings. The fourth-order valence-corrected chi connectivity index (χ4v) is 3.37. The number of carbonyl (C=O) groups excluding carboxylic acids is 1. The normalized spacial score (nSPS) is 12.6. The van der Waals surface area contributed by atoms with Crippen LogP contribution in [0, 0.1) is 0 Å². The van der Waals surface area contributed by atoms with Crippen molar-refractivity contribution in [2.45, 2.75) is 18.5 Å². The third-order valence-electron chi connectivity index (χ3n) is 4.50. The molecule has 0 aliphatic carbocycles. The van der Waals surface area contributed by atoms with Crippen molar-refractivity contribution in [2.24, 2.45) is 0 Å². The van der Waals surface area contributed by atoms with Gasteiger partial charge in [-0.25, -0.2) is 14.8 Å². The van der Waals surface area contributed by atoms with Crippen molar-refractivity contribution < 1.29 is 35.3 Å².